The van der Waals surface area contributed by atoms with E-state index in [1.807, 2.05) is 6.20 Å². The summed E-state index contributed by atoms with van der Waals surface area (Å²) >= 11 is 3.10. The van der Waals surface area contributed by atoms with Gasteiger partial charge in [-0.3, -0.25) is 4.72 Å². The molecule has 0 spiro atoms. The minimum atomic E-state index is -0.154. The van der Waals surface area contributed by atoms with E-state index in [0.29, 0.717) is 0 Å². The number of aromatic nitrogens is 2. The molecule has 84 valence electrons. The maximum Gasteiger partial charge on any atom is 0.324 e. The molecule has 0 unspecified atom stereocenters. The average molecular weight is 246 g/mol. The molecule has 0 atom stereocenters. The third-order valence-electron chi connectivity index (χ3n) is 1.49. The van der Waals surface area contributed by atoms with Gasteiger partial charge in [-0.25, -0.2) is 9.78 Å². The maximum atomic E-state index is 10.8. The van der Waals surface area contributed by atoms with Crippen LogP contribution in [-0.4, -0.2) is 34.6 Å². The lowest BCUT2D eigenvalue weighted by molar-refractivity contribution is 0.248. The molecule has 15 heavy (non-hydrogen) atoms. The van der Waals surface area contributed by atoms with E-state index >= 15 is 0 Å². The largest absolute Gasteiger partial charge is 0.341 e. The molecule has 1 rings (SSSR count). The van der Waals surface area contributed by atoms with Crippen LogP contribution in [0.3, 0.4) is 0 Å². The molecule has 1 aromatic rings. The van der Waals surface area contributed by atoms with Gasteiger partial charge in [0.15, 0.2) is 5.16 Å². The number of urea groups is 1. The lowest BCUT2D eigenvalue weighted by atomic mass is 10.6. The monoisotopic (exact) mass is 246 g/mol. The van der Waals surface area contributed by atoms with Crippen LogP contribution in [0, 0.1) is 0 Å². The van der Waals surface area contributed by atoms with E-state index in [1.54, 1.807) is 25.0 Å². The van der Waals surface area contributed by atoms with Crippen LogP contribution in [0.15, 0.2) is 17.6 Å². The SMILES string of the molecule is CNC(=O)NSCCCSc1ncc[nH]1. The summed E-state index contributed by atoms with van der Waals surface area (Å²) < 4.78 is 2.66. The van der Waals surface area contributed by atoms with Crippen molar-refractivity contribution in [3.05, 3.63) is 12.4 Å². The molecule has 1 heterocycles. The van der Waals surface area contributed by atoms with Crippen LogP contribution in [0.1, 0.15) is 6.42 Å². The summed E-state index contributed by atoms with van der Waals surface area (Å²) in [5, 5.41) is 3.43. The lowest BCUT2D eigenvalue weighted by Gasteiger charge is -2.02. The van der Waals surface area contributed by atoms with E-state index in [2.05, 4.69) is 20.0 Å². The number of imidazole rings is 1. The number of carbonyl (C=O) groups excluding carboxylic acids is 1. The number of nitrogens with zero attached hydrogens (tertiary/aromatic N) is 1. The molecule has 0 radical (unpaired) electrons. The van der Waals surface area contributed by atoms with Gasteiger partial charge in [0.05, 0.1) is 0 Å². The summed E-state index contributed by atoms with van der Waals surface area (Å²) in [5.74, 6) is 1.90. The van der Waals surface area contributed by atoms with E-state index < -0.39 is 0 Å². The van der Waals surface area contributed by atoms with Gasteiger partial charge in [0.2, 0.25) is 0 Å². The molecule has 3 N–H and O–H groups in total. The number of thioether (sulfide) groups is 1. The number of hydrogen-bond acceptors (Lipinski definition) is 4. The van der Waals surface area contributed by atoms with E-state index in [4.69, 9.17) is 0 Å². The van der Waals surface area contributed by atoms with Crippen LogP contribution in [-0.2, 0) is 0 Å². The van der Waals surface area contributed by atoms with Crippen LogP contribution in [0.5, 0.6) is 0 Å². The number of H-pyrrole nitrogens is 1. The van der Waals surface area contributed by atoms with Crippen LogP contribution < -0.4 is 10.0 Å². The van der Waals surface area contributed by atoms with E-state index in [1.165, 1.54) is 11.9 Å². The second-order valence-electron chi connectivity index (χ2n) is 2.63. The summed E-state index contributed by atoms with van der Waals surface area (Å²) in [7, 11) is 1.60. The molecule has 0 saturated heterocycles. The molecule has 1 aromatic heterocycles. The van der Waals surface area contributed by atoms with Crippen LogP contribution in [0.2, 0.25) is 0 Å². The first-order valence-corrected chi connectivity index (χ1v) is 6.51. The van der Waals surface area contributed by atoms with Crippen molar-refractivity contribution in [1.29, 1.82) is 0 Å². The fourth-order valence-corrected chi connectivity index (χ4v) is 2.37. The number of amides is 2. The highest BCUT2D eigenvalue weighted by Gasteiger charge is 1.97. The van der Waals surface area contributed by atoms with Crippen LogP contribution in [0.25, 0.3) is 0 Å². The van der Waals surface area contributed by atoms with E-state index in [-0.39, 0.29) is 6.03 Å². The molecule has 0 aromatic carbocycles. The predicted molar refractivity (Wildman–Crippen MR) is 64.0 cm³/mol. The number of aromatic amines is 1. The Balaban J connectivity index is 1.91. The van der Waals surface area contributed by atoms with Crippen molar-refractivity contribution in [2.75, 3.05) is 18.6 Å². The average Bonchev–Trinajstić information content (AvgIpc) is 2.75. The normalized spacial score (nSPS) is 9.93. The molecule has 7 heteroatoms. The van der Waals surface area contributed by atoms with Crippen molar-refractivity contribution in [3.8, 4) is 0 Å². The molecule has 0 aliphatic heterocycles. The van der Waals surface area contributed by atoms with Gasteiger partial charge in [0, 0.05) is 30.9 Å². The Morgan fingerprint density at radius 1 is 1.60 bits per heavy atom. The van der Waals surface area contributed by atoms with Crippen molar-refractivity contribution < 1.29 is 4.79 Å². The van der Waals surface area contributed by atoms with E-state index in [0.717, 1.165) is 23.1 Å². The van der Waals surface area contributed by atoms with Crippen molar-refractivity contribution in [2.24, 2.45) is 0 Å². The highest BCUT2D eigenvalue weighted by Crippen LogP contribution is 2.13. The first-order valence-electron chi connectivity index (χ1n) is 4.54. The zero-order chi connectivity index (χ0) is 10.9. The highest BCUT2D eigenvalue weighted by molar-refractivity contribution is 7.99. The first-order chi connectivity index (χ1) is 7.33. The quantitative estimate of drug-likeness (QED) is 0.404. The summed E-state index contributed by atoms with van der Waals surface area (Å²) in [4.78, 5) is 17.9. The van der Waals surface area contributed by atoms with Crippen molar-refractivity contribution in [1.82, 2.24) is 20.0 Å². The zero-order valence-electron chi connectivity index (χ0n) is 8.45. The van der Waals surface area contributed by atoms with Crippen LogP contribution >= 0.6 is 23.7 Å². The zero-order valence-corrected chi connectivity index (χ0v) is 10.1. The van der Waals surface area contributed by atoms with Gasteiger partial charge >= 0.3 is 6.03 Å². The number of hydrogen-bond donors (Lipinski definition) is 3. The fourth-order valence-electron chi connectivity index (χ4n) is 0.797. The molecule has 0 aliphatic rings. The van der Waals surface area contributed by atoms with Crippen molar-refractivity contribution >= 4 is 29.7 Å². The standard InChI is InChI=1S/C8H14N4OS2/c1-9-7(13)12-15-6-2-5-14-8-10-3-4-11-8/h3-4H,2,5-6H2,1H3,(H,10,11)(H2,9,12,13). The first kappa shape index (κ1) is 12.3. The number of carbonyl (C=O) groups is 1. The molecule has 0 aliphatic carbocycles. The Bertz CT molecular complexity index is 278. The number of nitrogens with one attached hydrogen (secondary N) is 3. The Hall–Kier alpha value is -0.820. The van der Waals surface area contributed by atoms with Crippen molar-refractivity contribution in [3.63, 3.8) is 0 Å². The second kappa shape index (κ2) is 7.47. The molecule has 0 fully saturated rings. The third kappa shape index (κ3) is 5.58. The fraction of sp³-hybridized carbons (Fsp3) is 0.500. The Morgan fingerprint density at radius 2 is 2.47 bits per heavy atom. The maximum absolute atomic E-state index is 10.8. The third-order valence-corrected chi connectivity index (χ3v) is 3.31. The highest BCUT2D eigenvalue weighted by atomic mass is 32.2. The molecular weight excluding hydrogens is 232 g/mol. The molecule has 5 nitrogen and oxygen atoms in total. The van der Waals surface area contributed by atoms with Gasteiger partial charge in [0.1, 0.15) is 0 Å². The van der Waals surface area contributed by atoms with Crippen LogP contribution in [0.4, 0.5) is 4.79 Å². The Labute approximate surface area is 97.3 Å². The number of rotatable bonds is 6. The van der Waals surface area contributed by atoms with E-state index in [9.17, 15) is 4.79 Å². The molecular formula is C8H14N4OS2. The lowest BCUT2D eigenvalue weighted by Crippen LogP contribution is -2.27. The van der Waals surface area contributed by atoms with Gasteiger partial charge < -0.3 is 10.3 Å². The Morgan fingerprint density at radius 3 is 3.13 bits per heavy atom. The topological polar surface area (TPSA) is 69.8 Å². The summed E-state index contributed by atoms with van der Waals surface area (Å²) in [6.45, 7) is 0. The molecule has 2 amide bonds. The van der Waals surface area contributed by atoms with Gasteiger partial charge in [-0.05, 0) is 18.4 Å². The molecule has 0 saturated carbocycles. The summed E-state index contributed by atoms with van der Waals surface area (Å²) in [6.07, 6.45) is 4.58. The smallest absolute Gasteiger partial charge is 0.324 e. The van der Waals surface area contributed by atoms with Gasteiger partial charge in [-0.1, -0.05) is 11.8 Å². The summed E-state index contributed by atoms with van der Waals surface area (Å²) in [6, 6.07) is -0.154. The van der Waals surface area contributed by atoms with Gasteiger partial charge in [-0.2, -0.15) is 0 Å². The Kier molecular flexibility index (Phi) is 6.10. The van der Waals surface area contributed by atoms with Gasteiger partial charge in [0.25, 0.3) is 0 Å². The van der Waals surface area contributed by atoms with Gasteiger partial charge in [-0.15, -0.1) is 0 Å². The second-order valence-corrected chi connectivity index (χ2v) is 4.61. The minimum absolute atomic E-state index is 0.154. The van der Waals surface area contributed by atoms with Crippen molar-refractivity contribution in [2.45, 2.75) is 11.6 Å². The minimum Gasteiger partial charge on any atom is -0.341 e. The predicted octanol–water partition coefficient (Wildman–Crippen LogP) is 1.47. The summed E-state index contributed by atoms with van der Waals surface area (Å²) in [5.41, 5.74) is 0. The molecule has 0 bridgehead atoms.